The summed E-state index contributed by atoms with van der Waals surface area (Å²) < 4.78 is 1.23. The molecule has 0 aromatic rings. The predicted octanol–water partition coefficient (Wildman–Crippen LogP) is 1.33. The van der Waals surface area contributed by atoms with Crippen molar-refractivity contribution in [2.45, 2.75) is 20.3 Å². The number of quaternary nitrogens is 1. The van der Waals surface area contributed by atoms with E-state index in [2.05, 4.69) is 33.3 Å². The molecule has 0 aromatic heterocycles. The lowest BCUT2D eigenvalue weighted by atomic mass is 9.65. The first-order valence-corrected chi connectivity index (χ1v) is 5.96. The zero-order valence-corrected chi connectivity index (χ0v) is 10.1. The van der Waals surface area contributed by atoms with E-state index < -0.39 is 0 Å². The topological polar surface area (TPSA) is 12.0 Å². The Morgan fingerprint density at radius 2 is 2.07 bits per heavy atom. The molecule has 2 nitrogen and oxygen atoms in total. The Morgan fingerprint density at radius 3 is 2.71 bits per heavy atom. The number of rotatable bonds is 1. The summed E-state index contributed by atoms with van der Waals surface area (Å²) in [6.45, 7) is 10.00. The molecule has 0 unspecified atom stereocenters. The first-order chi connectivity index (χ1) is 6.44. The van der Waals surface area contributed by atoms with Crippen LogP contribution < -0.4 is 5.32 Å². The lowest BCUT2D eigenvalue weighted by molar-refractivity contribution is -0.907. The van der Waals surface area contributed by atoms with Gasteiger partial charge in [-0.15, -0.1) is 0 Å². The van der Waals surface area contributed by atoms with Crippen molar-refractivity contribution in [3.8, 4) is 0 Å². The number of hydrogen-bond acceptors (Lipinski definition) is 1. The molecular formula is C12H25N2+. The molecule has 0 spiro atoms. The van der Waals surface area contributed by atoms with Gasteiger partial charge in [-0.2, -0.15) is 0 Å². The van der Waals surface area contributed by atoms with Crippen LogP contribution in [0.3, 0.4) is 0 Å². The molecule has 0 aromatic carbocycles. The molecule has 0 aliphatic carbocycles. The van der Waals surface area contributed by atoms with Crippen molar-refractivity contribution in [1.82, 2.24) is 5.32 Å². The van der Waals surface area contributed by atoms with Gasteiger partial charge in [0, 0.05) is 24.4 Å². The van der Waals surface area contributed by atoms with Crippen LogP contribution in [0.5, 0.6) is 0 Å². The van der Waals surface area contributed by atoms with Crippen molar-refractivity contribution in [2.75, 3.05) is 40.3 Å². The van der Waals surface area contributed by atoms with Gasteiger partial charge in [-0.3, -0.25) is 0 Å². The predicted molar refractivity (Wildman–Crippen MR) is 60.1 cm³/mol. The van der Waals surface area contributed by atoms with Crippen LogP contribution in [0.15, 0.2) is 0 Å². The van der Waals surface area contributed by atoms with Gasteiger partial charge in [0.25, 0.3) is 0 Å². The molecule has 2 aliphatic rings. The second kappa shape index (κ2) is 3.21. The van der Waals surface area contributed by atoms with Crippen LogP contribution >= 0.6 is 0 Å². The highest BCUT2D eigenvalue weighted by atomic mass is 15.3. The maximum absolute atomic E-state index is 3.64. The largest absolute Gasteiger partial charge is 0.328 e. The fourth-order valence-corrected chi connectivity index (χ4v) is 3.73. The molecule has 2 aliphatic heterocycles. The Kier molecular flexibility index (Phi) is 2.39. The van der Waals surface area contributed by atoms with E-state index in [0.29, 0.717) is 5.41 Å². The molecule has 2 atom stereocenters. The van der Waals surface area contributed by atoms with Gasteiger partial charge in [0.2, 0.25) is 0 Å². The van der Waals surface area contributed by atoms with Crippen molar-refractivity contribution in [3.05, 3.63) is 0 Å². The van der Waals surface area contributed by atoms with Crippen molar-refractivity contribution < 1.29 is 4.48 Å². The quantitative estimate of drug-likeness (QED) is 0.625. The van der Waals surface area contributed by atoms with Crippen molar-refractivity contribution in [2.24, 2.45) is 17.3 Å². The Morgan fingerprint density at radius 1 is 1.36 bits per heavy atom. The van der Waals surface area contributed by atoms with E-state index in [9.17, 15) is 0 Å². The summed E-state index contributed by atoms with van der Waals surface area (Å²) in [4.78, 5) is 0. The lowest BCUT2D eigenvalue weighted by Crippen LogP contribution is -2.64. The van der Waals surface area contributed by atoms with Crippen LogP contribution in [-0.2, 0) is 0 Å². The fraction of sp³-hybridized carbons (Fsp3) is 1.00. The van der Waals surface area contributed by atoms with E-state index in [1.165, 1.54) is 37.1 Å². The van der Waals surface area contributed by atoms with Gasteiger partial charge in [-0.1, -0.05) is 13.8 Å². The normalized spacial score (nSPS) is 41.4. The number of likely N-dealkylation sites (tertiary alicyclic amines) is 1. The Bertz CT molecular complexity index is 222. The van der Waals surface area contributed by atoms with Gasteiger partial charge in [0.15, 0.2) is 0 Å². The summed E-state index contributed by atoms with van der Waals surface area (Å²) in [5.41, 5.74) is 0.574. The van der Waals surface area contributed by atoms with Gasteiger partial charge in [-0.05, 0) is 12.3 Å². The van der Waals surface area contributed by atoms with Crippen molar-refractivity contribution in [3.63, 3.8) is 0 Å². The van der Waals surface area contributed by atoms with Crippen LogP contribution in [-0.4, -0.2) is 44.8 Å². The average Bonchev–Trinajstić information content (AvgIpc) is 2.00. The average molecular weight is 197 g/mol. The standard InChI is InChI=1S/C12H25N2/c1-10(2)12-5-11(6-13-8-12)7-14(3,4)9-12/h10-11,13H,5-9H2,1-4H3/q+1/t11-,12+/m0/s1. The number of fused-ring (bicyclic) bond motifs is 2. The summed E-state index contributed by atoms with van der Waals surface area (Å²) >= 11 is 0. The number of piperidine rings is 2. The van der Waals surface area contributed by atoms with Crippen LogP contribution in [0.1, 0.15) is 20.3 Å². The maximum Gasteiger partial charge on any atom is 0.0854 e. The molecule has 14 heavy (non-hydrogen) atoms. The molecule has 0 saturated carbocycles. The van der Waals surface area contributed by atoms with Crippen molar-refractivity contribution in [1.29, 1.82) is 0 Å². The molecule has 2 saturated heterocycles. The molecule has 0 amide bonds. The highest BCUT2D eigenvalue weighted by molar-refractivity contribution is 4.94. The van der Waals surface area contributed by atoms with Gasteiger partial charge in [-0.25, -0.2) is 0 Å². The summed E-state index contributed by atoms with van der Waals surface area (Å²) in [5.74, 6) is 1.73. The second-order valence-corrected chi connectivity index (χ2v) is 6.49. The molecule has 0 radical (unpaired) electrons. The third-order valence-electron chi connectivity index (χ3n) is 4.33. The molecule has 2 heteroatoms. The molecule has 2 bridgehead atoms. The molecular weight excluding hydrogens is 172 g/mol. The van der Waals surface area contributed by atoms with Crippen LogP contribution in [0.4, 0.5) is 0 Å². The number of hydrogen-bond donors (Lipinski definition) is 1. The van der Waals surface area contributed by atoms with E-state index in [0.717, 1.165) is 11.8 Å². The maximum atomic E-state index is 3.64. The van der Waals surface area contributed by atoms with E-state index in [1.807, 2.05) is 0 Å². The SMILES string of the molecule is CC(C)[C@@]12CNC[C@H](C1)C[N+](C)(C)C2. The summed E-state index contributed by atoms with van der Waals surface area (Å²) in [6.07, 6.45) is 1.46. The third-order valence-corrected chi connectivity index (χ3v) is 4.33. The zero-order valence-electron chi connectivity index (χ0n) is 10.1. The fourth-order valence-electron chi connectivity index (χ4n) is 3.73. The van der Waals surface area contributed by atoms with E-state index in [1.54, 1.807) is 0 Å². The minimum absolute atomic E-state index is 0.574. The van der Waals surface area contributed by atoms with E-state index in [-0.39, 0.29) is 0 Å². The van der Waals surface area contributed by atoms with E-state index in [4.69, 9.17) is 0 Å². The monoisotopic (exact) mass is 197 g/mol. The molecule has 2 rings (SSSR count). The summed E-state index contributed by atoms with van der Waals surface area (Å²) in [5, 5.41) is 3.64. The summed E-state index contributed by atoms with van der Waals surface area (Å²) in [6, 6.07) is 0. The zero-order chi connectivity index (χ0) is 10.4. The molecule has 2 heterocycles. The van der Waals surface area contributed by atoms with E-state index >= 15 is 0 Å². The number of nitrogens with one attached hydrogen (secondary N) is 1. The summed E-state index contributed by atoms with van der Waals surface area (Å²) in [7, 11) is 4.79. The lowest BCUT2D eigenvalue weighted by Gasteiger charge is -2.54. The van der Waals surface area contributed by atoms with Crippen LogP contribution in [0.25, 0.3) is 0 Å². The Hall–Kier alpha value is -0.0800. The van der Waals surface area contributed by atoms with Gasteiger partial charge in [0.05, 0.1) is 27.2 Å². The van der Waals surface area contributed by atoms with Gasteiger partial charge >= 0.3 is 0 Å². The van der Waals surface area contributed by atoms with Gasteiger partial charge in [0.1, 0.15) is 0 Å². The second-order valence-electron chi connectivity index (χ2n) is 6.49. The minimum Gasteiger partial charge on any atom is -0.328 e. The smallest absolute Gasteiger partial charge is 0.0854 e. The Balaban J connectivity index is 2.22. The Labute approximate surface area is 88.3 Å². The minimum atomic E-state index is 0.574. The number of nitrogens with zero attached hydrogens (tertiary/aromatic N) is 1. The van der Waals surface area contributed by atoms with Crippen LogP contribution in [0, 0.1) is 17.3 Å². The third kappa shape index (κ3) is 1.70. The molecule has 2 fully saturated rings. The first-order valence-electron chi connectivity index (χ1n) is 5.96. The highest BCUT2D eigenvalue weighted by Gasteiger charge is 2.48. The highest BCUT2D eigenvalue weighted by Crippen LogP contribution is 2.42. The van der Waals surface area contributed by atoms with Gasteiger partial charge < -0.3 is 9.80 Å². The van der Waals surface area contributed by atoms with Crippen molar-refractivity contribution >= 4 is 0 Å². The first kappa shape index (κ1) is 10.4. The molecule has 1 N–H and O–H groups in total. The van der Waals surface area contributed by atoms with Crippen LogP contribution in [0.2, 0.25) is 0 Å². The molecule has 82 valence electrons.